The number of nitrogens with zero attached hydrogens (tertiary/aromatic N) is 5. The van der Waals surface area contributed by atoms with Crippen molar-refractivity contribution in [2.24, 2.45) is 4.99 Å². The van der Waals surface area contributed by atoms with Crippen molar-refractivity contribution < 1.29 is 9.59 Å². The van der Waals surface area contributed by atoms with Gasteiger partial charge in [0.2, 0.25) is 5.96 Å². The number of nitrogens with one attached hydrogen (secondary N) is 2. The van der Waals surface area contributed by atoms with Gasteiger partial charge in [0.05, 0.1) is 16.8 Å². The van der Waals surface area contributed by atoms with Crippen LogP contribution < -0.4 is 22.1 Å². The van der Waals surface area contributed by atoms with Gasteiger partial charge in [-0.2, -0.15) is 10.5 Å². The fraction of sp³-hybridized carbons (Fsp3) is 0.172. The van der Waals surface area contributed by atoms with Crippen LogP contribution in [-0.2, 0) is 0 Å². The average molecular weight is 530 g/mol. The summed E-state index contributed by atoms with van der Waals surface area (Å²) < 4.78 is 0. The summed E-state index contributed by atoms with van der Waals surface area (Å²) in [5.41, 5.74) is 15.2. The summed E-state index contributed by atoms with van der Waals surface area (Å²) >= 11 is 0. The number of hydrogen-bond donors (Lipinski definition) is 4. The molecule has 1 aromatic heterocycles. The van der Waals surface area contributed by atoms with E-state index in [-0.39, 0.29) is 34.8 Å². The van der Waals surface area contributed by atoms with Crippen molar-refractivity contribution in [3.63, 3.8) is 0 Å². The number of anilines is 3. The van der Waals surface area contributed by atoms with Crippen LogP contribution in [0.25, 0.3) is 0 Å². The Morgan fingerprint density at radius 2 is 1.70 bits per heavy atom. The first-order valence-electron chi connectivity index (χ1n) is 12.5. The van der Waals surface area contributed by atoms with Crippen molar-refractivity contribution in [2.75, 3.05) is 23.3 Å². The third-order valence-corrected chi connectivity index (χ3v) is 6.65. The number of pyridine rings is 1. The number of guanidine groups is 1. The summed E-state index contributed by atoms with van der Waals surface area (Å²) in [6.45, 7) is 0.330. The van der Waals surface area contributed by atoms with Crippen LogP contribution in [0.4, 0.5) is 17.3 Å². The number of nitrogens with two attached hydrogens (primary N) is 2. The molecule has 0 aliphatic carbocycles. The molecule has 0 fully saturated rings. The molecule has 3 heterocycles. The lowest BCUT2D eigenvalue weighted by atomic mass is 9.92. The molecular formula is C29H23N9O2. The fourth-order valence-corrected chi connectivity index (χ4v) is 4.74. The first kappa shape index (κ1) is 25.8. The summed E-state index contributed by atoms with van der Waals surface area (Å²) in [7, 11) is 0. The molecule has 40 heavy (non-hydrogen) atoms. The predicted octanol–water partition coefficient (Wildman–Crippen LogP) is 2.88. The van der Waals surface area contributed by atoms with Gasteiger partial charge in [0, 0.05) is 24.1 Å². The SMILES string of the molecule is N#CNC1=NC(c2ccccc2C#CCCCCN2C(=O)c3ccccc3C2=O)c2c(nc(N)c(C#N)c2N)N1. The van der Waals surface area contributed by atoms with Crippen molar-refractivity contribution in [2.45, 2.75) is 25.3 Å². The second-order valence-corrected chi connectivity index (χ2v) is 9.06. The zero-order valence-corrected chi connectivity index (χ0v) is 21.2. The summed E-state index contributed by atoms with van der Waals surface area (Å²) in [6.07, 6.45) is 3.69. The van der Waals surface area contributed by atoms with Crippen LogP contribution in [0.2, 0.25) is 0 Å². The minimum absolute atomic E-state index is 0.0301. The highest BCUT2D eigenvalue weighted by Crippen LogP contribution is 2.41. The third-order valence-electron chi connectivity index (χ3n) is 6.65. The van der Waals surface area contributed by atoms with Crippen LogP contribution in [0, 0.1) is 34.6 Å². The lowest BCUT2D eigenvalue weighted by molar-refractivity contribution is 0.0652. The number of nitriles is 2. The van der Waals surface area contributed by atoms with Gasteiger partial charge in [-0.25, -0.2) is 9.98 Å². The Balaban J connectivity index is 1.33. The second-order valence-electron chi connectivity index (χ2n) is 9.06. The number of unbranched alkanes of at least 4 members (excludes halogenated alkanes) is 2. The van der Waals surface area contributed by atoms with Crippen LogP contribution in [0.1, 0.15) is 68.3 Å². The molecule has 0 radical (unpaired) electrons. The number of carbonyl (C=O) groups excluding carboxylic acids is 2. The molecule has 5 rings (SSSR count). The van der Waals surface area contributed by atoms with E-state index in [9.17, 15) is 14.9 Å². The molecule has 0 saturated carbocycles. The Kier molecular flexibility index (Phi) is 7.00. The van der Waals surface area contributed by atoms with Crippen molar-refractivity contribution in [3.05, 3.63) is 81.9 Å². The maximum absolute atomic E-state index is 12.5. The van der Waals surface area contributed by atoms with Gasteiger partial charge in [-0.1, -0.05) is 42.2 Å². The van der Waals surface area contributed by atoms with Gasteiger partial charge in [-0.15, -0.1) is 0 Å². The number of fused-ring (bicyclic) bond motifs is 2. The number of nitrogen functional groups attached to an aromatic ring is 2. The van der Waals surface area contributed by atoms with Crippen molar-refractivity contribution in [1.29, 1.82) is 10.5 Å². The molecule has 1 unspecified atom stereocenters. The zero-order chi connectivity index (χ0) is 28.2. The highest BCUT2D eigenvalue weighted by atomic mass is 16.2. The standard InChI is InChI=1S/C29H23N9O2/c30-15-21-23(32)22-24(35-29(34-16-31)37-26(22)36-25(21)33)18-11-5-4-10-17(18)9-3-1-2-8-14-38-27(39)19-12-6-7-13-20(19)28(38)40/h4-7,10-13,24H,1-2,8,14H2,(H6,32,33,34,35,36,37). The Morgan fingerprint density at radius 1 is 1.00 bits per heavy atom. The molecule has 0 saturated heterocycles. The van der Waals surface area contributed by atoms with Crippen LogP contribution in [0.15, 0.2) is 53.5 Å². The maximum Gasteiger partial charge on any atom is 0.261 e. The van der Waals surface area contributed by atoms with E-state index in [1.165, 1.54) is 4.90 Å². The normalized spacial score (nSPS) is 15.0. The number of rotatable bonds is 5. The van der Waals surface area contributed by atoms with Crippen molar-refractivity contribution in [1.82, 2.24) is 15.2 Å². The van der Waals surface area contributed by atoms with Gasteiger partial charge in [0.1, 0.15) is 29.3 Å². The van der Waals surface area contributed by atoms with E-state index in [0.717, 1.165) is 0 Å². The number of aliphatic imine (C=N–C) groups is 1. The molecule has 11 nitrogen and oxygen atoms in total. The Labute approximate surface area is 230 Å². The van der Waals surface area contributed by atoms with E-state index >= 15 is 0 Å². The van der Waals surface area contributed by atoms with Gasteiger partial charge in [0.25, 0.3) is 11.8 Å². The number of aromatic nitrogens is 1. The molecule has 3 aromatic rings. The summed E-state index contributed by atoms with van der Waals surface area (Å²) in [4.78, 5) is 35.2. The number of imide groups is 1. The van der Waals surface area contributed by atoms with Crippen LogP contribution in [-0.4, -0.2) is 34.2 Å². The van der Waals surface area contributed by atoms with Gasteiger partial charge in [0.15, 0.2) is 6.19 Å². The van der Waals surface area contributed by atoms with E-state index < -0.39 is 6.04 Å². The van der Waals surface area contributed by atoms with E-state index in [4.69, 9.17) is 16.7 Å². The van der Waals surface area contributed by atoms with Gasteiger partial charge >= 0.3 is 0 Å². The fourth-order valence-electron chi connectivity index (χ4n) is 4.74. The molecule has 2 aromatic carbocycles. The first-order valence-corrected chi connectivity index (χ1v) is 12.5. The van der Waals surface area contributed by atoms with E-state index in [2.05, 4.69) is 32.5 Å². The zero-order valence-electron chi connectivity index (χ0n) is 21.2. The number of hydrogen-bond acceptors (Lipinski definition) is 10. The molecule has 2 amide bonds. The van der Waals surface area contributed by atoms with E-state index in [1.54, 1.807) is 24.3 Å². The van der Waals surface area contributed by atoms with E-state index in [0.29, 0.717) is 59.4 Å². The molecule has 1 atom stereocenters. The van der Waals surface area contributed by atoms with Crippen LogP contribution in [0.5, 0.6) is 0 Å². The van der Waals surface area contributed by atoms with E-state index in [1.807, 2.05) is 36.5 Å². The number of benzene rings is 2. The monoisotopic (exact) mass is 529 g/mol. The molecule has 2 aliphatic rings. The quantitative estimate of drug-likeness (QED) is 0.127. The highest BCUT2D eigenvalue weighted by molar-refractivity contribution is 6.21. The summed E-state index contributed by atoms with van der Waals surface area (Å²) in [5.74, 6) is 6.25. The van der Waals surface area contributed by atoms with Crippen molar-refractivity contribution >= 4 is 35.1 Å². The largest absolute Gasteiger partial charge is 0.397 e. The lowest BCUT2D eigenvalue weighted by Crippen LogP contribution is -2.33. The summed E-state index contributed by atoms with van der Waals surface area (Å²) in [5, 5.41) is 24.1. The predicted molar refractivity (Wildman–Crippen MR) is 148 cm³/mol. The third kappa shape index (κ3) is 4.62. The maximum atomic E-state index is 12.5. The Hall–Kier alpha value is -5.86. The Bertz CT molecular complexity index is 1680. The Morgan fingerprint density at radius 3 is 2.40 bits per heavy atom. The smallest absolute Gasteiger partial charge is 0.261 e. The summed E-state index contributed by atoms with van der Waals surface area (Å²) in [6, 6.07) is 15.5. The van der Waals surface area contributed by atoms with Gasteiger partial charge < -0.3 is 16.8 Å². The molecule has 2 aliphatic heterocycles. The van der Waals surface area contributed by atoms with Crippen molar-refractivity contribution in [3.8, 4) is 24.1 Å². The van der Waals surface area contributed by atoms with Crippen LogP contribution >= 0.6 is 0 Å². The van der Waals surface area contributed by atoms with Crippen LogP contribution in [0.3, 0.4) is 0 Å². The molecular weight excluding hydrogens is 506 g/mol. The highest BCUT2D eigenvalue weighted by Gasteiger charge is 2.34. The lowest BCUT2D eigenvalue weighted by Gasteiger charge is -2.26. The number of amides is 2. The minimum Gasteiger partial charge on any atom is -0.397 e. The second kappa shape index (κ2) is 10.9. The molecule has 0 bridgehead atoms. The average Bonchev–Trinajstić information content (AvgIpc) is 3.20. The molecule has 6 N–H and O–H groups in total. The molecule has 0 spiro atoms. The van der Waals surface area contributed by atoms with Gasteiger partial charge in [-0.05, 0) is 36.6 Å². The molecule has 11 heteroatoms. The molecule has 196 valence electrons. The first-order chi connectivity index (χ1) is 19.4. The minimum atomic E-state index is -0.702. The number of carbonyl (C=O) groups is 2. The topological polar surface area (TPSA) is 186 Å². The van der Waals surface area contributed by atoms with Gasteiger partial charge in [-0.3, -0.25) is 19.8 Å².